The molecule has 1 saturated carbocycles. The average molecular weight is 182 g/mol. The van der Waals surface area contributed by atoms with E-state index in [0.29, 0.717) is 18.4 Å². The fraction of sp³-hybridized carbons (Fsp3) is 0.600. The molecule has 0 aliphatic heterocycles. The molecule has 3 nitrogen and oxygen atoms in total. The molecule has 72 valence electrons. The third-order valence-corrected chi connectivity index (χ3v) is 2.10. The SMILES string of the molecule is C=C(C)C(=O)OC1CCCCC1=O. The number of rotatable bonds is 2. The maximum absolute atomic E-state index is 11.2. The molecular weight excluding hydrogens is 168 g/mol. The van der Waals surface area contributed by atoms with Gasteiger partial charge in [0, 0.05) is 12.0 Å². The van der Waals surface area contributed by atoms with E-state index in [2.05, 4.69) is 6.58 Å². The summed E-state index contributed by atoms with van der Waals surface area (Å²) in [7, 11) is 0. The van der Waals surface area contributed by atoms with Crippen molar-refractivity contribution in [3.8, 4) is 0 Å². The Labute approximate surface area is 77.8 Å². The lowest BCUT2D eigenvalue weighted by molar-refractivity contribution is -0.153. The molecular formula is C10H14O3. The maximum atomic E-state index is 11.2. The highest BCUT2D eigenvalue weighted by Crippen LogP contribution is 2.18. The van der Waals surface area contributed by atoms with E-state index in [1.807, 2.05) is 0 Å². The van der Waals surface area contributed by atoms with Crippen LogP contribution in [0.3, 0.4) is 0 Å². The van der Waals surface area contributed by atoms with Crippen LogP contribution in [0.2, 0.25) is 0 Å². The van der Waals surface area contributed by atoms with Crippen LogP contribution in [0, 0.1) is 0 Å². The van der Waals surface area contributed by atoms with Crippen molar-refractivity contribution in [1.29, 1.82) is 0 Å². The third-order valence-electron chi connectivity index (χ3n) is 2.10. The predicted octanol–water partition coefficient (Wildman–Crippen LogP) is 1.62. The van der Waals surface area contributed by atoms with Crippen LogP contribution in [-0.2, 0) is 14.3 Å². The Kier molecular flexibility index (Phi) is 3.23. The molecule has 0 aromatic carbocycles. The summed E-state index contributed by atoms with van der Waals surface area (Å²) >= 11 is 0. The van der Waals surface area contributed by atoms with Crippen LogP contribution in [0.25, 0.3) is 0 Å². The van der Waals surface area contributed by atoms with Crippen molar-refractivity contribution >= 4 is 11.8 Å². The topological polar surface area (TPSA) is 43.4 Å². The molecule has 0 N–H and O–H groups in total. The molecule has 0 amide bonds. The van der Waals surface area contributed by atoms with Gasteiger partial charge in [0.05, 0.1) is 0 Å². The van der Waals surface area contributed by atoms with Gasteiger partial charge in [0.2, 0.25) is 0 Å². The van der Waals surface area contributed by atoms with Gasteiger partial charge in [-0.25, -0.2) is 4.79 Å². The molecule has 0 heterocycles. The monoisotopic (exact) mass is 182 g/mol. The van der Waals surface area contributed by atoms with Crippen LogP contribution in [0.1, 0.15) is 32.6 Å². The van der Waals surface area contributed by atoms with Gasteiger partial charge in [0.25, 0.3) is 0 Å². The molecule has 3 heteroatoms. The Morgan fingerprint density at radius 2 is 2.23 bits per heavy atom. The molecule has 1 aliphatic carbocycles. The summed E-state index contributed by atoms with van der Waals surface area (Å²) in [5, 5.41) is 0. The van der Waals surface area contributed by atoms with Crippen molar-refractivity contribution in [2.75, 3.05) is 0 Å². The Morgan fingerprint density at radius 3 is 2.77 bits per heavy atom. The lowest BCUT2D eigenvalue weighted by Gasteiger charge is -2.20. The number of ketones is 1. The number of hydrogen-bond acceptors (Lipinski definition) is 3. The number of carbonyl (C=O) groups excluding carboxylic acids is 2. The lowest BCUT2D eigenvalue weighted by Crippen LogP contribution is -2.30. The smallest absolute Gasteiger partial charge is 0.333 e. The third kappa shape index (κ3) is 2.68. The highest BCUT2D eigenvalue weighted by molar-refractivity contribution is 5.91. The van der Waals surface area contributed by atoms with E-state index in [0.717, 1.165) is 12.8 Å². The standard InChI is InChI=1S/C10H14O3/c1-7(2)10(12)13-9-6-4-3-5-8(9)11/h9H,1,3-6H2,2H3. The van der Waals surface area contributed by atoms with Crippen LogP contribution < -0.4 is 0 Å². The van der Waals surface area contributed by atoms with Crippen molar-refractivity contribution in [1.82, 2.24) is 0 Å². The highest BCUT2D eigenvalue weighted by Gasteiger charge is 2.25. The molecule has 0 aromatic rings. The van der Waals surface area contributed by atoms with Gasteiger partial charge in [-0.1, -0.05) is 6.58 Å². The Bertz CT molecular complexity index is 243. The Morgan fingerprint density at radius 1 is 1.54 bits per heavy atom. The summed E-state index contributed by atoms with van der Waals surface area (Å²) in [5.74, 6) is -0.416. The summed E-state index contributed by atoms with van der Waals surface area (Å²) in [4.78, 5) is 22.3. The van der Waals surface area contributed by atoms with Crippen LogP contribution >= 0.6 is 0 Å². The fourth-order valence-corrected chi connectivity index (χ4v) is 1.31. The molecule has 0 saturated heterocycles. The first-order valence-corrected chi connectivity index (χ1v) is 4.50. The largest absolute Gasteiger partial charge is 0.451 e. The zero-order valence-electron chi connectivity index (χ0n) is 7.84. The molecule has 13 heavy (non-hydrogen) atoms. The van der Waals surface area contributed by atoms with Crippen molar-refractivity contribution in [2.45, 2.75) is 38.7 Å². The normalized spacial score (nSPS) is 22.5. The second-order valence-electron chi connectivity index (χ2n) is 3.39. The van der Waals surface area contributed by atoms with Crippen molar-refractivity contribution < 1.29 is 14.3 Å². The summed E-state index contributed by atoms with van der Waals surface area (Å²) in [6, 6.07) is 0. The van der Waals surface area contributed by atoms with E-state index >= 15 is 0 Å². The summed E-state index contributed by atoms with van der Waals surface area (Å²) < 4.78 is 4.98. The minimum Gasteiger partial charge on any atom is -0.451 e. The first kappa shape index (κ1) is 9.96. The van der Waals surface area contributed by atoms with E-state index < -0.39 is 12.1 Å². The van der Waals surface area contributed by atoms with Gasteiger partial charge >= 0.3 is 5.97 Å². The van der Waals surface area contributed by atoms with Crippen molar-refractivity contribution in [2.24, 2.45) is 0 Å². The fourth-order valence-electron chi connectivity index (χ4n) is 1.31. The van der Waals surface area contributed by atoms with Gasteiger partial charge in [-0.05, 0) is 26.2 Å². The number of hydrogen-bond donors (Lipinski definition) is 0. The van der Waals surface area contributed by atoms with E-state index in [1.54, 1.807) is 6.92 Å². The van der Waals surface area contributed by atoms with Gasteiger partial charge < -0.3 is 4.74 Å². The van der Waals surface area contributed by atoms with E-state index in [9.17, 15) is 9.59 Å². The van der Waals surface area contributed by atoms with E-state index in [1.165, 1.54) is 0 Å². The number of carbonyl (C=O) groups is 2. The average Bonchev–Trinajstić information content (AvgIpc) is 2.08. The first-order chi connectivity index (χ1) is 6.11. The van der Waals surface area contributed by atoms with Crippen LogP contribution in [0.15, 0.2) is 12.2 Å². The minimum atomic E-state index is -0.516. The maximum Gasteiger partial charge on any atom is 0.333 e. The van der Waals surface area contributed by atoms with Gasteiger partial charge in [0.1, 0.15) is 0 Å². The molecule has 1 unspecified atom stereocenters. The molecule has 1 rings (SSSR count). The summed E-state index contributed by atoms with van der Waals surface area (Å²) in [5.41, 5.74) is 0.346. The Hall–Kier alpha value is -1.12. The quantitative estimate of drug-likeness (QED) is 0.481. The van der Waals surface area contributed by atoms with Gasteiger partial charge in [-0.15, -0.1) is 0 Å². The zero-order valence-corrected chi connectivity index (χ0v) is 7.84. The zero-order chi connectivity index (χ0) is 9.84. The molecule has 1 aliphatic rings. The van der Waals surface area contributed by atoms with Gasteiger partial charge in [-0.3, -0.25) is 4.79 Å². The van der Waals surface area contributed by atoms with Crippen LogP contribution in [0.5, 0.6) is 0 Å². The number of ether oxygens (including phenoxy) is 1. The van der Waals surface area contributed by atoms with Crippen LogP contribution in [-0.4, -0.2) is 17.9 Å². The van der Waals surface area contributed by atoms with Crippen LogP contribution in [0.4, 0.5) is 0 Å². The van der Waals surface area contributed by atoms with E-state index in [4.69, 9.17) is 4.74 Å². The molecule has 0 spiro atoms. The predicted molar refractivity (Wildman–Crippen MR) is 48.2 cm³/mol. The lowest BCUT2D eigenvalue weighted by atomic mass is 9.96. The first-order valence-electron chi connectivity index (χ1n) is 4.50. The van der Waals surface area contributed by atoms with Crippen molar-refractivity contribution in [3.05, 3.63) is 12.2 Å². The molecule has 0 radical (unpaired) electrons. The van der Waals surface area contributed by atoms with Gasteiger partial charge in [-0.2, -0.15) is 0 Å². The second kappa shape index (κ2) is 4.21. The molecule has 0 aromatic heterocycles. The number of esters is 1. The Balaban J connectivity index is 2.47. The summed E-state index contributed by atoms with van der Waals surface area (Å²) in [6.45, 7) is 5.04. The van der Waals surface area contributed by atoms with E-state index in [-0.39, 0.29) is 5.78 Å². The number of Topliss-reactive ketones (excluding diaryl/α,β-unsaturated/α-hetero) is 1. The summed E-state index contributed by atoms with van der Waals surface area (Å²) in [6.07, 6.45) is 2.56. The highest BCUT2D eigenvalue weighted by atomic mass is 16.5. The van der Waals surface area contributed by atoms with Gasteiger partial charge in [0.15, 0.2) is 11.9 Å². The van der Waals surface area contributed by atoms with Crippen molar-refractivity contribution in [3.63, 3.8) is 0 Å². The molecule has 0 bridgehead atoms. The second-order valence-corrected chi connectivity index (χ2v) is 3.39. The molecule has 1 atom stereocenters. The molecule has 1 fully saturated rings. The minimum absolute atomic E-state index is 0.0425.